The van der Waals surface area contributed by atoms with Gasteiger partial charge in [0, 0.05) is 13.1 Å². The minimum Gasteiger partial charge on any atom is -0.310 e. The fourth-order valence-corrected chi connectivity index (χ4v) is 3.80. The second-order valence-corrected chi connectivity index (χ2v) is 7.95. The standard InChI is InChI=1S/C22H23NO3S/c1-18-12-14-21(15-13-18)27(24,25)26-22(20-10-6-3-7-11-20)17-23-16-19-8-4-2-5-9-19/h2-15,22-23H,16-17H2,1H3. The van der Waals surface area contributed by atoms with Gasteiger partial charge in [0.25, 0.3) is 10.1 Å². The summed E-state index contributed by atoms with van der Waals surface area (Å²) in [7, 11) is -3.86. The van der Waals surface area contributed by atoms with Gasteiger partial charge in [-0.2, -0.15) is 8.42 Å². The second kappa shape index (κ2) is 8.95. The van der Waals surface area contributed by atoms with Crippen molar-refractivity contribution in [3.8, 4) is 0 Å². The SMILES string of the molecule is Cc1ccc(S(=O)(=O)OC(CNCc2ccccc2)c2ccccc2)cc1. The maximum absolute atomic E-state index is 12.7. The molecular weight excluding hydrogens is 358 g/mol. The molecule has 0 aliphatic carbocycles. The quantitative estimate of drug-likeness (QED) is 0.593. The highest BCUT2D eigenvalue weighted by molar-refractivity contribution is 7.86. The molecule has 3 rings (SSSR count). The zero-order valence-corrected chi connectivity index (χ0v) is 16.0. The van der Waals surface area contributed by atoms with E-state index < -0.39 is 16.2 Å². The van der Waals surface area contributed by atoms with Crippen LogP contribution in [0.1, 0.15) is 22.8 Å². The van der Waals surface area contributed by atoms with Crippen molar-refractivity contribution in [1.82, 2.24) is 5.32 Å². The molecule has 1 atom stereocenters. The highest BCUT2D eigenvalue weighted by Crippen LogP contribution is 2.23. The predicted octanol–water partition coefficient (Wildman–Crippen LogP) is 4.23. The van der Waals surface area contributed by atoms with Crippen molar-refractivity contribution in [3.63, 3.8) is 0 Å². The van der Waals surface area contributed by atoms with E-state index in [0.717, 1.165) is 16.7 Å². The molecule has 0 aliphatic heterocycles. The monoisotopic (exact) mass is 381 g/mol. The fourth-order valence-electron chi connectivity index (χ4n) is 2.73. The first-order valence-electron chi connectivity index (χ1n) is 8.84. The van der Waals surface area contributed by atoms with Gasteiger partial charge in [-0.05, 0) is 30.2 Å². The van der Waals surface area contributed by atoms with Crippen LogP contribution in [0.25, 0.3) is 0 Å². The number of rotatable bonds is 8. The van der Waals surface area contributed by atoms with Crippen molar-refractivity contribution < 1.29 is 12.6 Å². The average Bonchev–Trinajstić information content (AvgIpc) is 2.69. The Morgan fingerprint density at radius 3 is 2.07 bits per heavy atom. The molecule has 0 bridgehead atoms. The number of hydrogen-bond donors (Lipinski definition) is 1. The first kappa shape index (κ1) is 19.3. The number of aryl methyl sites for hydroxylation is 1. The molecule has 0 aliphatic rings. The third-order valence-corrected chi connectivity index (χ3v) is 5.56. The lowest BCUT2D eigenvalue weighted by Gasteiger charge is -2.19. The van der Waals surface area contributed by atoms with E-state index in [1.807, 2.05) is 67.6 Å². The van der Waals surface area contributed by atoms with E-state index in [9.17, 15) is 8.42 Å². The third-order valence-electron chi connectivity index (χ3n) is 4.23. The summed E-state index contributed by atoms with van der Waals surface area (Å²) in [6, 6.07) is 26.0. The van der Waals surface area contributed by atoms with Gasteiger partial charge >= 0.3 is 0 Å². The van der Waals surface area contributed by atoms with Gasteiger partial charge in [-0.15, -0.1) is 0 Å². The maximum Gasteiger partial charge on any atom is 0.297 e. The summed E-state index contributed by atoms with van der Waals surface area (Å²) in [6.07, 6.45) is -0.610. The Morgan fingerprint density at radius 2 is 1.44 bits per heavy atom. The molecule has 0 amide bonds. The predicted molar refractivity (Wildman–Crippen MR) is 107 cm³/mol. The average molecular weight is 381 g/mol. The molecular formula is C22H23NO3S. The molecule has 0 radical (unpaired) electrons. The number of hydrogen-bond acceptors (Lipinski definition) is 4. The largest absolute Gasteiger partial charge is 0.310 e. The number of nitrogens with one attached hydrogen (secondary N) is 1. The summed E-state index contributed by atoms with van der Waals surface area (Å²) in [5.41, 5.74) is 2.94. The molecule has 1 N–H and O–H groups in total. The van der Waals surface area contributed by atoms with Crippen molar-refractivity contribution >= 4 is 10.1 Å². The summed E-state index contributed by atoms with van der Waals surface area (Å²) in [4.78, 5) is 0.164. The van der Waals surface area contributed by atoms with E-state index in [-0.39, 0.29) is 4.90 Å². The zero-order chi connectivity index (χ0) is 19.1. The molecule has 3 aromatic rings. The second-order valence-electron chi connectivity index (χ2n) is 6.38. The summed E-state index contributed by atoms with van der Waals surface area (Å²) in [6.45, 7) is 2.93. The summed E-state index contributed by atoms with van der Waals surface area (Å²) in [5.74, 6) is 0. The van der Waals surface area contributed by atoms with Gasteiger partial charge < -0.3 is 5.32 Å². The van der Waals surface area contributed by atoms with E-state index in [2.05, 4.69) is 5.32 Å². The molecule has 5 heteroatoms. The molecule has 0 heterocycles. The summed E-state index contributed by atoms with van der Waals surface area (Å²) in [5, 5.41) is 3.29. The van der Waals surface area contributed by atoms with E-state index in [4.69, 9.17) is 4.18 Å². The van der Waals surface area contributed by atoms with Crippen molar-refractivity contribution in [2.75, 3.05) is 6.54 Å². The van der Waals surface area contributed by atoms with E-state index in [1.165, 1.54) is 0 Å². The molecule has 1 unspecified atom stereocenters. The molecule has 0 fully saturated rings. The molecule has 0 spiro atoms. The van der Waals surface area contributed by atoms with Crippen LogP contribution in [0.15, 0.2) is 89.8 Å². The van der Waals surface area contributed by atoms with Crippen molar-refractivity contribution in [2.45, 2.75) is 24.5 Å². The molecule has 0 aromatic heterocycles. The minimum absolute atomic E-state index is 0.164. The van der Waals surface area contributed by atoms with Crippen LogP contribution in [-0.4, -0.2) is 15.0 Å². The van der Waals surface area contributed by atoms with Crippen LogP contribution in [0.2, 0.25) is 0 Å². The van der Waals surface area contributed by atoms with Crippen molar-refractivity contribution in [2.24, 2.45) is 0 Å². The lowest BCUT2D eigenvalue weighted by atomic mass is 10.1. The lowest BCUT2D eigenvalue weighted by Crippen LogP contribution is -2.25. The van der Waals surface area contributed by atoms with E-state index in [0.29, 0.717) is 13.1 Å². The Bertz CT molecular complexity index is 940. The van der Waals surface area contributed by atoms with Crippen molar-refractivity contribution in [1.29, 1.82) is 0 Å². The Balaban J connectivity index is 1.74. The molecule has 140 valence electrons. The van der Waals surface area contributed by atoms with Crippen LogP contribution in [0.4, 0.5) is 0 Å². The van der Waals surface area contributed by atoms with Gasteiger partial charge in [0.05, 0.1) is 4.90 Å². The first-order chi connectivity index (χ1) is 13.0. The van der Waals surface area contributed by atoms with E-state index in [1.54, 1.807) is 24.3 Å². The van der Waals surface area contributed by atoms with Crippen LogP contribution < -0.4 is 5.32 Å². The normalized spacial score (nSPS) is 12.6. The van der Waals surface area contributed by atoms with Crippen LogP contribution in [-0.2, 0) is 20.8 Å². The van der Waals surface area contributed by atoms with Crippen LogP contribution in [0.5, 0.6) is 0 Å². The summed E-state index contributed by atoms with van der Waals surface area (Å²) < 4.78 is 31.0. The van der Waals surface area contributed by atoms with Gasteiger partial charge in [0.1, 0.15) is 6.10 Å². The molecule has 27 heavy (non-hydrogen) atoms. The van der Waals surface area contributed by atoms with Gasteiger partial charge in [-0.25, -0.2) is 0 Å². The first-order valence-corrected chi connectivity index (χ1v) is 10.2. The van der Waals surface area contributed by atoms with Gasteiger partial charge in [-0.1, -0.05) is 78.4 Å². The summed E-state index contributed by atoms with van der Waals surface area (Å²) >= 11 is 0. The third kappa shape index (κ3) is 5.50. The zero-order valence-electron chi connectivity index (χ0n) is 15.2. The molecule has 4 nitrogen and oxygen atoms in total. The Hall–Kier alpha value is -2.47. The van der Waals surface area contributed by atoms with Gasteiger partial charge in [-0.3, -0.25) is 4.18 Å². The lowest BCUT2D eigenvalue weighted by molar-refractivity contribution is 0.208. The molecule has 0 saturated carbocycles. The number of benzene rings is 3. The molecule has 3 aromatic carbocycles. The van der Waals surface area contributed by atoms with Crippen LogP contribution in [0.3, 0.4) is 0 Å². The van der Waals surface area contributed by atoms with Crippen LogP contribution >= 0.6 is 0 Å². The Kier molecular flexibility index (Phi) is 6.40. The topological polar surface area (TPSA) is 55.4 Å². The van der Waals surface area contributed by atoms with Gasteiger partial charge in [0.15, 0.2) is 0 Å². The Labute approximate surface area is 161 Å². The highest BCUT2D eigenvalue weighted by Gasteiger charge is 2.23. The minimum atomic E-state index is -3.86. The maximum atomic E-state index is 12.7. The fraction of sp³-hybridized carbons (Fsp3) is 0.182. The van der Waals surface area contributed by atoms with Crippen LogP contribution in [0, 0.1) is 6.92 Å². The smallest absolute Gasteiger partial charge is 0.297 e. The Morgan fingerprint density at radius 1 is 0.852 bits per heavy atom. The molecule has 0 saturated heterocycles. The van der Waals surface area contributed by atoms with Gasteiger partial charge in [0.2, 0.25) is 0 Å². The highest BCUT2D eigenvalue weighted by atomic mass is 32.2. The van der Waals surface area contributed by atoms with E-state index >= 15 is 0 Å². The van der Waals surface area contributed by atoms with Crippen molar-refractivity contribution in [3.05, 3.63) is 102 Å².